The molecular weight excluding hydrogens is 358 g/mol. The fourth-order valence-electron chi connectivity index (χ4n) is 3.59. The molecule has 1 aliphatic heterocycles. The molecular formula is C22H27NO3S. The van der Waals surface area contributed by atoms with Gasteiger partial charge in [0.15, 0.2) is 6.23 Å². The zero-order valence-electron chi connectivity index (χ0n) is 16.9. The third kappa shape index (κ3) is 4.11. The van der Waals surface area contributed by atoms with Gasteiger partial charge in [0.1, 0.15) is 4.88 Å². The third-order valence-corrected chi connectivity index (χ3v) is 5.98. The molecule has 3 rings (SSSR count). The number of hydrogen-bond donors (Lipinski definition) is 0. The maximum atomic E-state index is 13.4. The molecule has 1 unspecified atom stereocenters. The molecule has 3 atom stereocenters. The molecule has 4 nitrogen and oxygen atoms in total. The van der Waals surface area contributed by atoms with Gasteiger partial charge in [0.2, 0.25) is 5.91 Å². The second-order valence-corrected chi connectivity index (χ2v) is 9.66. The molecule has 144 valence electrons. The lowest BCUT2D eigenvalue weighted by Gasteiger charge is -2.37. The average molecular weight is 386 g/mol. The minimum absolute atomic E-state index is 0.0284. The Kier molecular flexibility index (Phi) is 5.22. The molecule has 0 bridgehead atoms. The Morgan fingerprint density at radius 2 is 2.04 bits per heavy atom. The highest BCUT2D eigenvalue weighted by molar-refractivity contribution is 7.15. The molecule has 0 fully saturated rings. The van der Waals surface area contributed by atoms with Gasteiger partial charge in [-0.3, -0.25) is 9.69 Å². The third-order valence-electron chi connectivity index (χ3n) is 4.97. The van der Waals surface area contributed by atoms with Crippen molar-refractivity contribution in [1.82, 2.24) is 0 Å². The lowest BCUT2D eigenvalue weighted by Crippen LogP contribution is -2.49. The van der Waals surface area contributed by atoms with Crippen molar-refractivity contribution in [2.75, 3.05) is 4.90 Å². The number of amides is 1. The number of nitrogens with zero attached hydrogens (tertiary/aromatic N) is 1. The summed E-state index contributed by atoms with van der Waals surface area (Å²) in [5.74, 6) is 6.17. The van der Waals surface area contributed by atoms with Gasteiger partial charge in [0.25, 0.3) is 0 Å². The zero-order chi connectivity index (χ0) is 19.9. The van der Waals surface area contributed by atoms with E-state index in [9.17, 15) is 9.59 Å². The summed E-state index contributed by atoms with van der Waals surface area (Å²) in [5, 5.41) is 0. The van der Waals surface area contributed by atoms with Crippen LogP contribution in [0.25, 0.3) is 0 Å². The number of rotatable bonds is 1. The average Bonchev–Trinajstić information content (AvgIpc) is 2.96. The molecule has 2 aliphatic rings. The molecule has 1 aromatic rings. The van der Waals surface area contributed by atoms with E-state index in [1.807, 2.05) is 26.8 Å². The highest BCUT2D eigenvalue weighted by Crippen LogP contribution is 2.39. The van der Waals surface area contributed by atoms with Crippen LogP contribution in [0.4, 0.5) is 5.69 Å². The number of hydrogen-bond acceptors (Lipinski definition) is 4. The van der Waals surface area contributed by atoms with Crippen LogP contribution >= 0.6 is 11.3 Å². The minimum atomic E-state index is -0.602. The van der Waals surface area contributed by atoms with Crippen molar-refractivity contribution >= 4 is 28.9 Å². The summed E-state index contributed by atoms with van der Waals surface area (Å²) < 4.78 is 5.47. The van der Waals surface area contributed by atoms with Crippen LogP contribution in [0.5, 0.6) is 0 Å². The topological polar surface area (TPSA) is 46.6 Å². The van der Waals surface area contributed by atoms with E-state index in [4.69, 9.17) is 4.74 Å². The standard InChI is InChI=1S/C22H27NO3S/c1-13-7-8-17(14(2)11-13)20(24)23-15(3)26-21(25)19-18(23)12-16(27-19)9-10-22(4,5)6/h7,12,14-15,17H,8,11H2,1-6H3/t14-,15?,17-/m1/s1. The Morgan fingerprint density at radius 1 is 1.33 bits per heavy atom. The summed E-state index contributed by atoms with van der Waals surface area (Å²) in [4.78, 5) is 28.6. The monoisotopic (exact) mass is 385 g/mol. The second-order valence-electron chi connectivity index (χ2n) is 8.61. The number of anilines is 1. The molecule has 0 N–H and O–H groups in total. The van der Waals surface area contributed by atoms with Crippen LogP contribution in [0.3, 0.4) is 0 Å². The molecule has 1 aliphatic carbocycles. The van der Waals surface area contributed by atoms with E-state index < -0.39 is 6.23 Å². The molecule has 1 aromatic heterocycles. The van der Waals surface area contributed by atoms with E-state index in [0.717, 1.165) is 17.7 Å². The largest absolute Gasteiger partial charge is 0.437 e. The van der Waals surface area contributed by atoms with Gasteiger partial charge in [-0.1, -0.05) is 30.4 Å². The first-order chi connectivity index (χ1) is 12.6. The van der Waals surface area contributed by atoms with E-state index in [1.54, 1.807) is 11.8 Å². The summed E-state index contributed by atoms with van der Waals surface area (Å²) in [6.07, 6.45) is 3.21. The van der Waals surface area contributed by atoms with E-state index >= 15 is 0 Å². The summed E-state index contributed by atoms with van der Waals surface area (Å²) in [7, 11) is 0. The van der Waals surface area contributed by atoms with E-state index in [2.05, 4.69) is 31.8 Å². The van der Waals surface area contributed by atoms with Gasteiger partial charge in [0, 0.05) is 11.3 Å². The Balaban J connectivity index is 1.96. The molecule has 2 heterocycles. The number of thiophene rings is 1. The summed E-state index contributed by atoms with van der Waals surface area (Å²) in [6, 6.07) is 1.86. The molecule has 0 saturated carbocycles. The Labute approximate surface area is 165 Å². The molecule has 0 aromatic carbocycles. The van der Waals surface area contributed by atoms with Crippen molar-refractivity contribution in [2.45, 2.75) is 60.6 Å². The molecule has 5 heteroatoms. The summed E-state index contributed by atoms with van der Waals surface area (Å²) in [5.41, 5.74) is 1.85. The Morgan fingerprint density at radius 3 is 2.67 bits per heavy atom. The maximum absolute atomic E-state index is 13.4. The molecule has 0 radical (unpaired) electrons. The van der Waals surface area contributed by atoms with Gasteiger partial charge in [-0.15, -0.1) is 11.3 Å². The van der Waals surface area contributed by atoms with Crippen LogP contribution in [-0.4, -0.2) is 18.1 Å². The van der Waals surface area contributed by atoms with Gasteiger partial charge in [0.05, 0.1) is 10.6 Å². The van der Waals surface area contributed by atoms with Crippen molar-refractivity contribution in [3.8, 4) is 11.8 Å². The van der Waals surface area contributed by atoms with Crippen molar-refractivity contribution in [2.24, 2.45) is 17.3 Å². The van der Waals surface area contributed by atoms with Crippen LogP contribution in [0.1, 0.15) is 68.9 Å². The normalized spacial score (nSPS) is 25.1. The minimum Gasteiger partial charge on any atom is -0.437 e. The number of fused-ring (bicyclic) bond motifs is 1. The smallest absolute Gasteiger partial charge is 0.352 e. The molecule has 0 saturated heterocycles. The van der Waals surface area contributed by atoms with Crippen molar-refractivity contribution in [3.63, 3.8) is 0 Å². The lowest BCUT2D eigenvalue weighted by atomic mass is 9.80. The van der Waals surface area contributed by atoms with E-state index in [-0.39, 0.29) is 29.1 Å². The first-order valence-corrected chi connectivity index (χ1v) is 10.2. The van der Waals surface area contributed by atoms with Crippen LogP contribution in [0, 0.1) is 29.1 Å². The zero-order valence-corrected chi connectivity index (χ0v) is 17.7. The van der Waals surface area contributed by atoms with Gasteiger partial charge < -0.3 is 4.74 Å². The summed E-state index contributed by atoms with van der Waals surface area (Å²) in [6.45, 7) is 12.1. The van der Waals surface area contributed by atoms with Gasteiger partial charge in [-0.25, -0.2) is 4.79 Å². The predicted molar refractivity (Wildman–Crippen MR) is 109 cm³/mol. The van der Waals surface area contributed by atoms with Crippen molar-refractivity contribution in [3.05, 3.63) is 27.5 Å². The number of cyclic esters (lactones) is 1. The van der Waals surface area contributed by atoms with Crippen LogP contribution < -0.4 is 4.90 Å². The first-order valence-electron chi connectivity index (χ1n) is 9.43. The lowest BCUT2D eigenvalue weighted by molar-refractivity contribution is -0.126. The van der Waals surface area contributed by atoms with Crippen molar-refractivity contribution in [1.29, 1.82) is 0 Å². The first kappa shape index (κ1) is 19.7. The SMILES string of the molecule is CC1=CC[C@@H](C(=O)N2c3cc(C#CC(C)(C)C)sc3C(=O)OC2C)[C@H](C)C1. The number of esters is 1. The van der Waals surface area contributed by atoms with Gasteiger partial charge >= 0.3 is 5.97 Å². The molecule has 27 heavy (non-hydrogen) atoms. The van der Waals surface area contributed by atoms with E-state index in [1.165, 1.54) is 16.9 Å². The number of carbonyl (C=O) groups is 2. The Hall–Kier alpha value is -2.06. The summed E-state index contributed by atoms with van der Waals surface area (Å²) >= 11 is 1.30. The van der Waals surface area contributed by atoms with E-state index in [0.29, 0.717) is 10.6 Å². The fourth-order valence-corrected chi connectivity index (χ4v) is 4.47. The number of ether oxygens (including phenoxy) is 1. The number of allylic oxidation sites excluding steroid dienone is 2. The van der Waals surface area contributed by atoms with Gasteiger partial charge in [-0.05, 0) is 59.4 Å². The maximum Gasteiger partial charge on any atom is 0.352 e. The van der Waals surface area contributed by atoms with Crippen LogP contribution in [-0.2, 0) is 9.53 Å². The molecule has 0 spiro atoms. The predicted octanol–water partition coefficient (Wildman–Crippen LogP) is 4.99. The van der Waals surface area contributed by atoms with Crippen molar-refractivity contribution < 1.29 is 14.3 Å². The Bertz CT molecular complexity index is 862. The second kappa shape index (κ2) is 7.16. The fraction of sp³-hybridized carbons (Fsp3) is 0.545. The van der Waals surface area contributed by atoms with Crippen LogP contribution in [0.2, 0.25) is 0 Å². The highest BCUT2D eigenvalue weighted by atomic mass is 32.1. The van der Waals surface area contributed by atoms with Crippen LogP contribution in [0.15, 0.2) is 17.7 Å². The quantitative estimate of drug-likeness (QED) is 0.389. The van der Waals surface area contributed by atoms with Gasteiger partial charge in [-0.2, -0.15) is 0 Å². The molecule has 1 amide bonds. The highest BCUT2D eigenvalue weighted by Gasteiger charge is 2.40. The number of carbonyl (C=O) groups excluding carboxylic acids is 2.